The van der Waals surface area contributed by atoms with Gasteiger partial charge in [-0.1, -0.05) is 28.1 Å². The van der Waals surface area contributed by atoms with Gasteiger partial charge in [-0.2, -0.15) is 0 Å². The molecule has 98 valence electrons. The number of nitro benzene ring substituents is 1. The molecule has 5 heteroatoms. The number of non-ortho nitro benzene ring substituents is 1. The first-order valence-corrected chi connectivity index (χ1v) is 6.59. The van der Waals surface area contributed by atoms with E-state index in [1.807, 2.05) is 19.1 Å². The zero-order chi connectivity index (χ0) is 13.8. The molecule has 0 heterocycles. The van der Waals surface area contributed by atoms with Gasteiger partial charge in [-0.05, 0) is 36.2 Å². The SMILES string of the molecule is Cc1cc(NCc2ccc([N+](=O)[O-])cc2)ccc1Br. The Morgan fingerprint density at radius 1 is 1.21 bits per heavy atom. The lowest BCUT2D eigenvalue weighted by atomic mass is 10.2. The van der Waals surface area contributed by atoms with Gasteiger partial charge in [0.1, 0.15) is 0 Å². The fourth-order valence-electron chi connectivity index (χ4n) is 1.69. The first-order valence-electron chi connectivity index (χ1n) is 5.79. The Morgan fingerprint density at radius 2 is 1.89 bits per heavy atom. The third-order valence-corrected chi connectivity index (χ3v) is 3.69. The van der Waals surface area contributed by atoms with E-state index in [-0.39, 0.29) is 5.69 Å². The molecule has 2 aromatic carbocycles. The van der Waals surface area contributed by atoms with Gasteiger partial charge in [0.15, 0.2) is 0 Å². The van der Waals surface area contributed by atoms with Gasteiger partial charge in [0.05, 0.1) is 4.92 Å². The van der Waals surface area contributed by atoms with E-state index in [4.69, 9.17) is 0 Å². The summed E-state index contributed by atoms with van der Waals surface area (Å²) in [4.78, 5) is 10.2. The topological polar surface area (TPSA) is 55.2 Å². The van der Waals surface area contributed by atoms with E-state index >= 15 is 0 Å². The number of halogens is 1. The minimum atomic E-state index is -0.394. The molecule has 2 rings (SSSR count). The summed E-state index contributed by atoms with van der Waals surface area (Å²) in [6.07, 6.45) is 0. The molecule has 0 saturated heterocycles. The average Bonchev–Trinajstić information content (AvgIpc) is 2.40. The van der Waals surface area contributed by atoms with E-state index in [9.17, 15) is 10.1 Å². The normalized spacial score (nSPS) is 10.2. The highest BCUT2D eigenvalue weighted by molar-refractivity contribution is 9.10. The second kappa shape index (κ2) is 5.84. The Morgan fingerprint density at radius 3 is 2.47 bits per heavy atom. The van der Waals surface area contributed by atoms with Crippen molar-refractivity contribution in [2.45, 2.75) is 13.5 Å². The fraction of sp³-hybridized carbons (Fsp3) is 0.143. The van der Waals surface area contributed by atoms with Gasteiger partial charge in [-0.25, -0.2) is 0 Å². The molecule has 0 amide bonds. The second-order valence-corrected chi connectivity index (χ2v) is 5.10. The summed E-state index contributed by atoms with van der Waals surface area (Å²) >= 11 is 3.46. The molecular weight excluding hydrogens is 308 g/mol. The molecule has 0 fully saturated rings. The first-order chi connectivity index (χ1) is 9.06. The molecule has 0 radical (unpaired) electrons. The highest BCUT2D eigenvalue weighted by Gasteiger charge is 2.03. The van der Waals surface area contributed by atoms with E-state index < -0.39 is 4.92 Å². The third-order valence-electron chi connectivity index (χ3n) is 2.80. The van der Waals surface area contributed by atoms with E-state index in [1.165, 1.54) is 12.1 Å². The lowest BCUT2D eigenvalue weighted by Crippen LogP contribution is -1.99. The van der Waals surface area contributed by atoms with Crippen molar-refractivity contribution < 1.29 is 4.92 Å². The molecule has 0 atom stereocenters. The van der Waals surface area contributed by atoms with Gasteiger partial charge in [0.25, 0.3) is 5.69 Å². The van der Waals surface area contributed by atoms with Crippen LogP contribution in [0.5, 0.6) is 0 Å². The summed E-state index contributed by atoms with van der Waals surface area (Å²) in [6, 6.07) is 12.6. The second-order valence-electron chi connectivity index (χ2n) is 4.24. The van der Waals surface area contributed by atoms with Crippen LogP contribution >= 0.6 is 15.9 Å². The number of benzene rings is 2. The number of nitrogens with one attached hydrogen (secondary N) is 1. The van der Waals surface area contributed by atoms with Crippen molar-refractivity contribution >= 4 is 27.3 Å². The molecule has 4 nitrogen and oxygen atoms in total. The molecule has 0 aliphatic heterocycles. The Balaban J connectivity index is 2.01. The quantitative estimate of drug-likeness (QED) is 0.675. The fourth-order valence-corrected chi connectivity index (χ4v) is 1.94. The number of rotatable bonds is 4. The van der Waals surface area contributed by atoms with Crippen LogP contribution in [0.1, 0.15) is 11.1 Å². The van der Waals surface area contributed by atoms with Gasteiger partial charge >= 0.3 is 0 Å². The highest BCUT2D eigenvalue weighted by Crippen LogP contribution is 2.20. The summed E-state index contributed by atoms with van der Waals surface area (Å²) < 4.78 is 1.08. The van der Waals surface area contributed by atoms with Crippen LogP contribution in [0.25, 0.3) is 0 Å². The maximum Gasteiger partial charge on any atom is 0.269 e. The lowest BCUT2D eigenvalue weighted by Gasteiger charge is -2.08. The number of aryl methyl sites for hydroxylation is 1. The van der Waals surface area contributed by atoms with Crippen molar-refractivity contribution in [2.75, 3.05) is 5.32 Å². The van der Waals surface area contributed by atoms with Crippen LogP contribution in [0.2, 0.25) is 0 Å². The largest absolute Gasteiger partial charge is 0.381 e. The van der Waals surface area contributed by atoms with Crippen molar-refractivity contribution in [2.24, 2.45) is 0 Å². The molecule has 2 aromatic rings. The Labute approximate surface area is 119 Å². The molecule has 0 spiro atoms. The van der Waals surface area contributed by atoms with Crippen LogP contribution in [-0.4, -0.2) is 4.92 Å². The number of nitrogens with zero attached hydrogens (tertiary/aromatic N) is 1. The van der Waals surface area contributed by atoms with Crippen LogP contribution in [0.4, 0.5) is 11.4 Å². The van der Waals surface area contributed by atoms with Gasteiger partial charge in [0.2, 0.25) is 0 Å². The van der Waals surface area contributed by atoms with Gasteiger partial charge in [-0.3, -0.25) is 10.1 Å². The summed E-state index contributed by atoms with van der Waals surface area (Å²) in [6.45, 7) is 2.67. The number of hydrogen-bond acceptors (Lipinski definition) is 3. The molecule has 19 heavy (non-hydrogen) atoms. The zero-order valence-corrected chi connectivity index (χ0v) is 12.0. The molecule has 0 unspecified atom stereocenters. The van der Waals surface area contributed by atoms with Gasteiger partial charge < -0.3 is 5.32 Å². The third kappa shape index (κ3) is 3.54. The summed E-state index contributed by atoms with van der Waals surface area (Å²) in [5.41, 5.74) is 3.31. The molecule has 0 aliphatic rings. The predicted molar refractivity (Wildman–Crippen MR) is 79.3 cm³/mol. The smallest absolute Gasteiger partial charge is 0.269 e. The summed E-state index contributed by atoms with van der Waals surface area (Å²) in [7, 11) is 0. The van der Waals surface area contributed by atoms with Crippen molar-refractivity contribution in [1.82, 2.24) is 0 Å². The van der Waals surface area contributed by atoms with Crippen molar-refractivity contribution in [3.63, 3.8) is 0 Å². The molecule has 0 bridgehead atoms. The van der Waals surface area contributed by atoms with Crippen molar-refractivity contribution in [1.29, 1.82) is 0 Å². The number of hydrogen-bond donors (Lipinski definition) is 1. The van der Waals surface area contributed by atoms with E-state index in [0.29, 0.717) is 6.54 Å². The predicted octanol–water partition coefficient (Wildman–Crippen LogP) is 4.28. The van der Waals surface area contributed by atoms with Crippen LogP contribution in [0.3, 0.4) is 0 Å². The first kappa shape index (κ1) is 13.5. The van der Waals surface area contributed by atoms with Crippen molar-refractivity contribution in [3.8, 4) is 0 Å². The monoisotopic (exact) mass is 320 g/mol. The molecule has 0 aliphatic carbocycles. The van der Waals surface area contributed by atoms with E-state index in [2.05, 4.69) is 27.3 Å². The zero-order valence-electron chi connectivity index (χ0n) is 10.4. The average molecular weight is 321 g/mol. The maximum absolute atomic E-state index is 10.5. The van der Waals surface area contributed by atoms with Crippen LogP contribution in [-0.2, 0) is 6.54 Å². The van der Waals surface area contributed by atoms with Crippen LogP contribution in [0, 0.1) is 17.0 Å². The van der Waals surface area contributed by atoms with Crippen molar-refractivity contribution in [3.05, 3.63) is 68.2 Å². The summed E-state index contributed by atoms with van der Waals surface area (Å²) in [5, 5.41) is 13.8. The minimum Gasteiger partial charge on any atom is -0.381 e. The van der Waals surface area contributed by atoms with Crippen LogP contribution in [0.15, 0.2) is 46.9 Å². The minimum absolute atomic E-state index is 0.114. The molecule has 0 saturated carbocycles. The Kier molecular flexibility index (Phi) is 4.16. The molecular formula is C14H13BrN2O2. The number of nitro groups is 1. The highest BCUT2D eigenvalue weighted by atomic mass is 79.9. The lowest BCUT2D eigenvalue weighted by molar-refractivity contribution is -0.384. The van der Waals surface area contributed by atoms with Gasteiger partial charge in [0, 0.05) is 28.8 Å². The van der Waals surface area contributed by atoms with Gasteiger partial charge in [-0.15, -0.1) is 0 Å². The van der Waals surface area contributed by atoms with Crippen LogP contribution < -0.4 is 5.32 Å². The maximum atomic E-state index is 10.5. The Bertz CT molecular complexity index is 597. The van der Waals surface area contributed by atoms with E-state index in [1.54, 1.807) is 12.1 Å². The molecule has 1 N–H and O–H groups in total. The standard InChI is InChI=1S/C14H13BrN2O2/c1-10-8-12(4-7-14(10)15)16-9-11-2-5-13(6-3-11)17(18)19/h2-8,16H,9H2,1H3. The van der Waals surface area contributed by atoms with E-state index in [0.717, 1.165) is 21.3 Å². The Hall–Kier alpha value is -1.88. The summed E-state index contributed by atoms with van der Waals surface area (Å²) in [5.74, 6) is 0. The number of anilines is 1. The molecule has 0 aromatic heterocycles.